The highest BCUT2D eigenvalue weighted by Gasteiger charge is 2.22. The Bertz CT molecular complexity index is 359. The van der Waals surface area contributed by atoms with E-state index in [2.05, 4.69) is 6.58 Å². The van der Waals surface area contributed by atoms with Crippen LogP contribution in [0.3, 0.4) is 0 Å². The average Bonchev–Trinajstić information content (AvgIpc) is 2.27. The van der Waals surface area contributed by atoms with Crippen molar-refractivity contribution in [2.24, 2.45) is 11.7 Å². The lowest BCUT2D eigenvalue weighted by atomic mass is 9.90. The first-order valence-electron chi connectivity index (χ1n) is 4.76. The van der Waals surface area contributed by atoms with Gasteiger partial charge in [0.15, 0.2) is 0 Å². The van der Waals surface area contributed by atoms with Gasteiger partial charge in [-0.3, -0.25) is 4.79 Å². The molecule has 0 saturated carbocycles. The zero-order chi connectivity index (χ0) is 11.4. The average molecular weight is 205 g/mol. The lowest BCUT2D eigenvalue weighted by Crippen LogP contribution is -2.36. The van der Waals surface area contributed by atoms with Crippen molar-refractivity contribution in [2.45, 2.75) is 13.0 Å². The lowest BCUT2D eigenvalue weighted by Gasteiger charge is -2.18. The topological polar surface area (TPSA) is 63.3 Å². The lowest BCUT2D eigenvalue weighted by molar-refractivity contribution is -0.139. The second kappa shape index (κ2) is 4.75. The largest absolute Gasteiger partial charge is 0.480 e. The summed E-state index contributed by atoms with van der Waals surface area (Å²) in [7, 11) is 0. The molecule has 0 fully saturated rings. The third-order valence-corrected chi connectivity index (χ3v) is 2.52. The molecule has 0 amide bonds. The predicted octanol–water partition coefficient (Wildman–Crippen LogP) is 1.75. The molecule has 1 aromatic carbocycles. The molecule has 3 heteroatoms. The molecule has 0 heterocycles. The van der Waals surface area contributed by atoms with E-state index in [0.717, 1.165) is 11.1 Å². The molecular formula is C12H15NO2. The Balaban J connectivity index is 2.82. The number of aliphatic carboxylic acids is 1. The predicted molar refractivity (Wildman–Crippen MR) is 60.3 cm³/mol. The van der Waals surface area contributed by atoms with Crippen LogP contribution in [0.15, 0.2) is 36.9 Å². The van der Waals surface area contributed by atoms with Gasteiger partial charge in [0.2, 0.25) is 0 Å². The van der Waals surface area contributed by atoms with E-state index >= 15 is 0 Å². The van der Waals surface area contributed by atoms with Crippen molar-refractivity contribution in [2.75, 3.05) is 0 Å². The highest BCUT2D eigenvalue weighted by Crippen LogP contribution is 2.22. The molecule has 3 N–H and O–H groups in total. The normalized spacial score (nSPS) is 14.3. The van der Waals surface area contributed by atoms with Crippen LogP contribution in [0.4, 0.5) is 0 Å². The fourth-order valence-corrected chi connectivity index (χ4v) is 1.35. The Hall–Kier alpha value is -1.61. The zero-order valence-corrected chi connectivity index (χ0v) is 8.68. The van der Waals surface area contributed by atoms with Crippen LogP contribution < -0.4 is 5.73 Å². The summed E-state index contributed by atoms with van der Waals surface area (Å²) in [5, 5.41) is 8.78. The minimum Gasteiger partial charge on any atom is -0.480 e. The van der Waals surface area contributed by atoms with Gasteiger partial charge in [0.05, 0.1) is 0 Å². The van der Waals surface area contributed by atoms with Crippen LogP contribution in [-0.2, 0) is 4.79 Å². The van der Waals surface area contributed by atoms with Gasteiger partial charge in [-0.05, 0) is 11.1 Å². The monoisotopic (exact) mass is 205 g/mol. The fraction of sp³-hybridized carbons (Fsp3) is 0.250. The summed E-state index contributed by atoms with van der Waals surface area (Å²) in [5.41, 5.74) is 7.23. The van der Waals surface area contributed by atoms with Gasteiger partial charge >= 0.3 is 5.97 Å². The molecule has 0 aromatic heterocycles. The van der Waals surface area contributed by atoms with Crippen molar-refractivity contribution < 1.29 is 9.90 Å². The van der Waals surface area contributed by atoms with Crippen LogP contribution in [0.5, 0.6) is 0 Å². The zero-order valence-electron chi connectivity index (χ0n) is 8.68. The number of hydrogen-bond donors (Lipinski definition) is 2. The summed E-state index contributed by atoms with van der Waals surface area (Å²) >= 11 is 0. The maximum Gasteiger partial charge on any atom is 0.321 e. The number of carboxylic acid groups (broad SMARTS) is 1. The van der Waals surface area contributed by atoms with Crippen LogP contribution in [0.1, 0.15) is 12.5 Å². The van der Waals surface area contributed by atoms with Crippen molar-refractivity contribution >= 4 is 11.5 Å². The highest BCUT2D eigenvalue weighted by molar-refractivity contribution is 5.78. The number of carbonyl (C=O) groups is 1. The van der Waals surface area contributed by atoms with E-state index in [0.29, 0.717) is 0 Å². The smallest absolute Gasteiger partial charge is 0.321 e. The summed E-state index contributed by atoms with van der Waals surface area (Å²) in [5.74, 6) is -1.27. The highest BCUT2D eigenvalue weighted by atomic mass is 16.4. The molecule has 0 radical (unpaired) electrons. The van der Waals surface area contributed by atoms with Crippen molar-refractivity contribution in [3.63, 3.8) is 0 Å². The summed E-state index contributed by atoms with van der Waals surface area (Å²) in [6.07, 6.45) is 0. The molecule has 0 bridgehead atoms. The van der Waals surface area contributed by atoms with Crippen LogP contribution in [0.2, 0.25) is 0 Å². The van der Waals surface area contributed by atoms with Crippen LogP contribution in [-0.4, -0.2) is 17.1 Å². The van der Waals surface area contributed by atoms with E-state index in [-0.39, 0.29) is 5.92 Å². The molecule has 0 saturated heterocycles. The quantitative estimate of drug-likeness (QED) is 0.787. The first kappa shape index (κ1) is 11.5. The molecule has 0 aliphatic heterocycles. The van der Waals surface area contributed by atoms with Gasteiger partial charge < -0.3 is 10.8 Å². The molecule has 0 aliphatic carbocycles. The number of rotatable bonds is 4. The van der Waals surface area contributed by atoms with Crippen molar-refractivity contribution in [1.82, 2.24) is 0 Å². The summed E-state index contributed by atoms with van der Waals surface area (Å²) in [6.45, 7) is 5.66. The van der Waals surface area contributed by atoms with Gasteiger partial charge in [-0.25, -0.2) is 0 Å². The van der Waals surface area contributed by atoms with E-state index in [1.54, 1.807) is 6.92 Å². The van der Waals surface area contributed by atoms with E-state index in [4.69, 9.17) is 10.8 Å². The maximum absolute atomic E-state index is 10.7. The Kier molecular flexibility index (Phi) is 3.63. The van der Waals surface area contributed by atoms with Crippen molar-refractivity contribution in [1.29, 1.82) is 0 Å². The van der Waals surface area contributed by atoms with E-state index in [1.807, 2.05) is 30.3 Å². The number of carboxylic acids is 1. The minimum atomic E-state index is -1.00. The van der Waals surface area contributed by atoms with E-state index in [9.17, 15) is 4.79 Å². The molecular weight excluding hydrogens is 190 g/mol. The van der Waals surface area contributed by atoms with E-state index < -0.39 is 12.0 Å². The second-order valence-corrected chi connectivity index (χ2v) is 3.54. The second-order valence-electron chi connectivity index (χ2n) is 3.54. The fourth-order valence-electron chi connectivity index (χ4n) is 1.35. The Morgan fingerprint density at radius 3 is 2.40 bits per heavy atom. The summed E-state index contributed by atoms with van der Waals surface area (Å²) in [4.78, 5) is 10.7. The molecule has 1 unspecified atom stereocenters. The Morgan fingerprint density at radius 2 is 1.93 bits per heavy atom. The molecule has 15 heavy (non-hydrogen) atoms. The van der Waals surface area contributed by atoms with Crippen LogP contribution in [0.25, 0.3) is 5.57 Å². The third-order valence-electron chi connectivity index (χ3n) is 2.52. The Morgan fingerprint density at radius 1 is 1.40 bits per heavy atom. The van der Waals surface area contributed by atoms with Crippen molar-refractivity contribution in [3.8, 4) is 0 Å². The third kappa shape index (κ3) is 2.67. The van der Waals surface area contributed by atoms with Gasteiger partial charge in [0.1, 0.15) is 6.04 Å². The minimum absolute atomic E-state index is 0.273. The number of hydrogen-bond acceptors (Lipinski definition) is 2. The first-order valence-corrected chi connectivity index (χ1v) is 4.76. The molecule has 1 aromatic rings. The number of benzene rings is 1. The first-order chi connectivity index (χ1) is 7.04. The summed E-state index contributed by atoms with van der Waals surface area (Å²) in [6, 6.07) is 8.57. The molecule has 0 aliphatic rings. The molecule has 0 spiro atoms. The number of nitrogens with two attached hydrogens (primary N) is 1. The maximum atomic E-state index is 10.7. The van der Waals surface area contributed by atoms with Gasteiger partial charge in [-0.15, -0.1) is 0 Å². The van der Waals surface area contributed by atoms with Gasteiger partial charge in [0.25, 0.3) is 0 Å². The summed E-state index contributed by atoms with van der Waals surface area (Å²) < 4.78 is 0. The van der Waals surface area contributed by atoms with Gasteiger partial charge in [-0.2, -0.15) is 0 Å². The molecule has 1 rings (SSSR count). The van der Waals surface area contributed by atoms with Crippen molar-refractivity contribution in [3.05, 3.63) is 42.5 Å². The van der Waals surface area contributed by atoms with Gasteiger partial charge in [-0.1, -0.05) is 43.8 Å². The van der Waals surface area contributed by atoms with Crippen LogP contribution >= 0.6 is 0 Å². The Labute approximate surface area is 89.2 Å². The standard InChI is InChI=1S/C12H15NO2/c1-8(9(2)11(13)12(14)15)10-6-4-3-5-7-10/h3-7,9,11H,1,13H2,2H3,(H,14,15)/t9?,11-/m0/s1. The molecule has 2 atom stereocenters. The van der Waals surface area contributed by atoms with Crippen LogP contribution in [0, 0.1) is 5.92 Å². The van der Waals surface area contributed by atoms with Gasteiger partial charge in [0, 0.05) is 5.92 Å². The molecule has 80 valence electrons. The SMILES string of the molecule is C=C(c1ccccc1)C(C)[C@H](N)C(=O)O. The molecule has 3 nitrogen and oxygen atoms in total. The van der Waals surface area contributed by atoms with E-state index in [1.165, 1.54) is 0 Å².